The summed E-state index contributed by atoms with van der Waals surface area (Å²) in [4.78, 5) is 14.4. The fraction of sp³-hybridized carbons (Fsp3) is 0.250. The van der Waals surface area contributed by atoms with Crippen LogP contribution in [0, 0.1) is 30.9 Å². The summed E-state index contributed by atoms with van der Waals surface area (Å²) < 4.78 is 29.5. The van der Waals surface area contributed by atoms with Crippen LogP contribution in [0.25, 0.3) is 11.0 Å². The Balaban J connectivity index is 2.09. The van der Waals surface area contributed by atoms with Crippen LogP contribution in [-0.2, 0) is 17.1 Å². The molecular formula is C16H17N5O4S. The maximum atomic E-state index is 12.8. The van der Waals surface area contributed by atoms with Gasteiger partial charge >= 0.3 is 0 Å². The summed E-state index contributed by atoms with van der Waals surface area (Å²) in [5, 5.41) is 16.2. The lowest BCUT2D eigenvalue weighted by molar-refractivity contribution is -0.387. The number of rotatable bonds is 4. The molecule has 0 unspecified atom stereocenters. The van der Waals surface area contributed by atoms with Gasteiger partial charge < -0.3 is 0 Å². The highest BCUT2D eigenvalue weighted by atomic mass is 32.2. The summed E-state index contributed by atoms with van der Waals surface area (Å²) in [6.45, 7) is 5.18. The summed E-state index contributed by atoms with van der Waals surface area (Å²) in [5.41, 5.74) is 2.35. The molecule has 1 aromatic carbocycles. The van der Waals surface area contributed by atoms with Gasteiger partial charge in [-0.05, 0) is 44.0 Å². The van der Waals surface area contributed by atoms with Crippen molar-refractivity contribution in [1.29, 1.82) is 0 Å². The third kappa shape index (κ3) is 2.99. The number of nitro groups is 1. The molecule has 0 fully saturated rings. The molecule has 10 heteroatoms. The number of sulfonamides is 1. The molecule has 0 aliphatic rings. The van der Waals surface area contributed by atoms with Gasteiger partial charge in [-0.15, -0.1) is 0 Å². The van der Waals surface area contributed by atoms with Crippen molar-refractivity contribution in [3.05, 3.63) is 51.3 Å². The highest BCUT2D eigenvalue weighted by molar-refractivity contribution is 7.92. The molecule has 2 heterocycles. The molecule has 9 nitrogen and oxygen atoms in total. The SMILES string of the molecule is Cc1cc([N+](=O)[O-])c(S(=O)(=O)Nc2cnc3c(c2)c(C)nn3C)cc1C. The number of aryl methyl sites for hydroxylation is 4. The Hall–Kier alpha value is -3.01. The first-order chi connectivity index (χ1) is 12.1. The molecule has 0 saturated carbocycles. The number of nitrogens with one attached hydrogen (secondary N) is 1. The minimum absolute atomic E-state index is 0.209. The van der Waals surface area contributed by atoms with Crippen molar-refractivity contribution >= 4 is 32.4 Å². The Morgan fingerprint density at radius 1 is 1.15 bits per heavy atom. The first kappa shape index (κ1) is 17.8. The quantitative estimate of drug-likeness (QED) is 0.553. The minimum Gasteiger partial charge on any atom is -0.278 e. The van der Waals surface area contributed by atoms with E-state index in [2.05, 4.69) is 14.8 Å². The smallest absolute Gasteiger partial charge is 0.278 e. The zero-order chi connectivity index (χ0) is 19.2. The van der Waals surface area contributed by atoms with Crippen LogP contribution in [0.2, 0.25) is 0 Å². The van der Waals surface area contributed by atoms with Crippen molar-refractivity contribution in [2.75, 3.05) is 4.72 Å². The van der Waals surface area contributed by atoms with Crippen molar-refractivity contribution in [2.45, 2.75) is 25.7 Å². The van der Waals surface area contributed by atoms with E-state index in [9.17, 15) is 18.5 Å². The molecule has 1 N–H and O–H groups in total. The number of hydrogen-bond acceptors (Lipinski definition) is 6. The largest absolute Gasteiger partial charge is 0.290 e. The fourth-order valence-corrected chi connectivity index (χ4v) is 3.98. The van der Waals surface area contributed by atoms with E-state index in [1.165, 1.54) is 18.3 Å². The van der Waals surface area contributed by atoms with E-state index in [0.717, 1.165) is 0 Å². The Bertz CT molecular complexity index is 1150. The minimum atomic E-state index is -4.16. The van der Waals surface area contributed by atoms with Crippen LogP contribution in [0.15, 0.2) is 29.3 Å². The third-order valence-corrected chi connectivity index (χ3v) is 5.59. The number of anilines is 1. The van der Waals surface area contributed by atoms with Crippen molar-refractivity contribution < 1.29 is 13.3 Å². The first-order valence-corrected chi connectivity index (χ1v) is 9.16. The lowest BCUT2D eigenvalue weighted by atomic mass is 10.1. The third-order valence-electron chi connectivity index (χ3n) is 4.18. The summed E-state index contributed by atoms with van der Waals surface area (Å²) in [7, 11) is -2.42. The fourth-order valence-electron chi connectivity index (χ4n) is 2.71. The van der Waals surface area contributed by atoms with Gasteiger partial charge in [0.15, 0.2) is 10.5 Å². The van der Waals surface area contributed by atoms with Gasteiger partial charge in [-0.25, -0.2) is 13.4 Å². The van der Waals surface area contributed by atoms with E-state index >= 15 is 0 Å². The zero-order valence-electron chi connectivity index (χ0n) is 14.6. The van der Waals surface area contributed by atoms with Gasteiger partial charge in [0.05, 0.1) is 22.5 Å². The van der Waals surface area contributed by atoms with Gasteiger partial charge in [0.1, 0.15) is 0 Å². The second-order valence-corrected chi connectivity index (χ2v) is 7.72. The van der Waals surface area contributed by atoms with Gasteiger partial charge in [-0.2, -0.15) is 5.10 Å². The zero-order valence-corrected chi connectivity index (χ0v) is 15.5. The van der Waals surface area contributed by atoms with Crippen LogP contribution >= 0.6 is 0 Å². The average Bonchev–Trinajstić information content (AvgIpc) is 2.83. The molecule has 2 aromatic heterocycles. The topological polar surface area (TPSA) is 120 Å². The monoisotopic (exact) mass is 375 g/mol. The Kier molecular flexibility index (Phi) is 4.15. The summed E-state index contributed by atoms with van der Waals surface area (Å²) in [6.07, 6.45) is 1.36. The molecule has 0 bridgehead atoms. The molecule has 0 saturated heterocycles. The normalized spacial score (nSPS) is 11.7. The Morgan fingerprint density at radius 3 is 2.46 bits per heavy atom. The Labute approximate surface area is 149 Å². The van der Waals surface area contributed by atoms with Crippen LogP contribution < -0.4 is 4.72 Å². The number of aromatic nitrogens is 3. The predicted octanol–water partition coefficient (Wildman–Crippen LogP) is 2.60. The number of nitrogens with zero attached hydrogens (tertiary/aromatic N) is 4. The van der Waals surface area contributed by atoms with E-state index < -0.39 is 20.6 Å². The average molecular weight is 375 g/mol. The highest BCUT2D eigenvalue weighted by Gasteiger charge is 2.27. The van der Waals surface area contributed by atoms with Crippen molar-refractivity contribution in [3.63, 3.8) is 0 Å². The van der Waals surface area contributed by atoms with Crippen molar-refractivity contribution in [1.82, 2.24) is 14.8 Å². The first-order valence-electron chi connectivity index (χ1n) is 7.68. The van der Waals surface area contributed by atoms with Crippen molar-refractivity contribution in [3.8, 4) is 0 Å². The molecule has 3 rings (SSSR count). The molecule has 0 spiro atoms. The summed E-state index contributed by atoms with van der Waals surface area (Å²) in [6, 6.07) is 4.17. The molecule has 0 atom stereocenters. The number of fused-ring (bicyclic) bond motifs is 1. The highest BCUT2D eigenvalue weighted by Crippen LogP contribution is 2.29. The lowest BCUT2D eigenvalue weighted by Gasteiger charge is -2.10. The molecular weight excluding hydrogens is 358 g/mol. The molecule has 0 amide bonds. The second-order valence-electron chi connectivity index (χ2n) is 6.07. The maximum Gasteiger partial charge on any atom is 0.290 e. The van der Waals surface area contributed by atoms with Gasteiger partial charge in [-0.3, -0.25) is 19.5 Å². The van der Waals surface area contributed by atoms with E-state index in [0.29, 0.717) is 27.9 Å². The van der Waals surface area contributed by atoms with Crippen LogP contribution in [0.5, 0.6) is 0 Å². The summed E-state index contributed by atoms with van der Waals surface area (Å²) >= 11 is 0. The maximum absolute atomic E-state index is 12.8. The van der Waals surface area contributed by atoms with Crippen molar-refractivity contribution in [2.24, 2.45) is 7.05 Å². The van der Waals surface area contributed by atoms with Crippen LogP contribution in [-0.4, -0.2) is 28.1 Å². The molecule has 0 aliphatic carbocycles. The molecule has 0 radical (unpaired) electrons. The van der Waals surface area contributed by atoms with Crippen LogP contribution in [0.1, 0.15) is 16.8 Å². The Morgan fingerprint density at radius 2 is 1.81 bits per heavy atom. The lowest BCUT2D eigenvalue weighted by Crippen LogP contribution is -2.15. The van der Waals surface area contributed by atoms with Crippen LogP contribution in [0.3, 0.4) is 0 Å². The van der Waals surface area contributed by atoms with Gasteiger partial charge in [0, 0.05) is 18.5 Å². The summed E-state index contributed by atoms with van der Waals surface area (Å²) in [5.74, 6) is 0. The standard InChI is InChI=1S/C16H17N5O4S/c1-9-5-14(21(22)23)15(6-10(9)2)26(24,25)19-12-7-13-11(3)18-20(4)16(13)17-8-12/h5-8,19H,1-4H3. The van der Waals surface area contributed by atoms with Gasteiger partial charge in [-0.1, -0.05) is 0 Å². The molecule has 26 heavy (non-hydrogen) atoms. The number of nitro benzene ring substituents is 1. The van der Waals surface area contributed by atoms with Gasteiger partial charge in [0.2, 0.25) is 0 Å². The number of hydrogen-bond donors (Lipinski definition) is 1. The second kappa shape index (κ2) is 6.06. The predicted molar refractivity (Wildman–Crippen MR) is 96.6 cm³/mol. The molecule has 0 aliphatic heterocycles. The molecule has 136 valence electrons. The number of pyridine rings is 1. The van der Waals surface area contributed by atoms with E-state index in [4.69, 9.17) is 0 Å². The molecule has 3 aromatic rings. The van der Waals surface area contributed by atoms with Gasteiger partial charge in [0.25, 0.3) is 15.7 Å². The van der Waals surface area contributed by atoms with Crippen LogP contribution in [0.4, 0.5) is 11.4 Å². The van der Waals surface area contributed by atoms with E-state index in [-0.39, 0.29) is 10.6 Å². The number of benzene rings is 1. The van der Waals surface area contributed by atoms with E-state index in [1.54, 1.807) is 38.6 Å². The van der Waals surface area contributed by atoms with E-state index in [1.807, 2.05) is 0 Å².